The first-order valence-electron chi connectivity index (χ1n) is 7.89. The Morgan fingerprint density at radius 2 is 1.84 bits per heavy atom. The summed E-state index contributed by atoms with van der Waals surface area (Å²) in [7, 11) is 1.51. The van der Waals surface area contributed by atoms with E-state index in [4.69, 9.17) is 9.47 Å². The van der Waals surface area contributed by atoms with Crippen molar-refractivity contribution in [1.29, 1.82) is 0 Å². The number of amides is 1. The first kappa shape index (κ1) is 19.0. The standard InChI is InChI=1S/C19H20BrNO4/c1-4-13-5-7-14(8-6-13)21-18(22)12(2)25-19(23)16-11-15(24-3)9-10-17(16)20/h5-12H,4H2,1-3H3,(H,21,22). The van der Waals surface area contributed by atoms with E-state index in [1.165, 1.54) is 19.6 Å². The van der Waals surface area contributed by atoms with E-state index >= 15 is 0 Å². The van der Waals surface area contributed by atoms with E-state index in [2.05, 4.69) is 28.2 Å². The minimum Gasteiger partial charge on any atom is -0.497 e. The summed E-state index contributed by atoms with van der Waals surface area (Å²) in [6, 6.07) is 12.5. The lowest BCUT2D eigenvalue weighted by atomic mass is 10.1. The van der Waals surface area contributed by atoms with E-state index in [1.54, 1.807) is 18.2 Å². The summed E-state index contributed by atoms with van der Waals surface area (Å²) in [6.45, 7) is 3.59. The maximum atomic E-state index is 12.3. The van der Waals surface area contributed by atoms with Crippen LogP contribution in [-0.4, -0.2) is 25.1 Å². The lowest BCUT2D eigenvalue weighted by Gasteiger charge is -2.14. The van der Waals surface area contributed by atoms with Gasteiger partial charge in [-0.05, 0) is 65.2 Å². The number of benzene rings is 2. The summed E-state index contributed by atoms with van der Waals surface area (Å²) >= 11 is 3.30. The predicted octanol–water partition coefficient (Wildman–Crippen LogP) is 4.20. The van der Waals surface area contributed by atoms with Crippen LogP contribution in [-0.2, 0) is 16.0 Å². The molecule has 1 atom stereocenters. The second-order valence-corrected chi connectivity index (χ2v) is 6.29. The summed E-state index contributed by atoms with van der Waals surface area (Å²) in [5.41, 5.74) is 2.14. The first-order chi connectivity index (χ1) is 11.9. The minimum absolute atomic E-state index is 0.297. The molecule has 0 aliphatic rings. The second-order valence-electron chi connectivity index (χ2n) is 5.43. The third-order valence-electron chi connectivity index (χ3n) is 3.68. The van der Waals surface area contributed by atoms with Gasteiger partial charge in [-0.1, -0.05) is 19.1 Å². The fourth-order valence-corrected chi connectivity index (χ4v) is 2.54. The van der Waals surface area contributed by atoms with Gasteiger partial charge in [0.15, 0.2) is 6.10 Å². The number of ether oxygens (including phenoxy) is 2. The zero-order valence-corrected chi connectivity index (χ0v) is 15.9. The first-order valence-corrected chi connectivity index (χ1v) is 8.68. The number of carbonyl (C=O) groups is 2. The average molecular weight is 406 g/mol. The molecule has 2 aromatic carbocycles. The van der Waals surface area contributed by atoms with Crippen LogP contribution in [0.4, 0.5) is 5.69 Å². The van der Waals surface area contributed by atoms with E-state index in [0.717, 1.165) is 6.42 Å². The molecule has 0 heterocycles. The van der Waals surface area contributed by atoms with Crippen molar-refractivity contribution < 1.29 is 19.1 Å². The molecular weight excluding hydrogens is 386 g/mol. The van der Waals surface area contributed by atoms with E-state index < -0.39 is 18.0 Å². The van der Waals surface area contributed by atoms with Gasteiger partial charge in [-0.3, -0.25) is 4.79 Å². The van der Waals surface area contributed by atoms with Gasteiger partial charge in [0.2, 0.25) is 0 Å². The highest BCUT2D eigenvalue weighted by Crippen LogP contribution is 2.23. The van der Waals surface area contributed by atoms with Crippen LogP contribution in [0.2, 0.25) is 0 Å². The van der Waals surface area contributed by atoms with Crippen molar-refractivity contribution in [2.45, 2.75) is 26.4 Å². The Labute approximate surface area is 155 Å². The number of methoxy groups -OCH3 is 1. The maximum absolute atomic E-state index is 12.3. The molecule has 25 heavy (non-hydrogen) atoms. The predicted molar refractivity (Wildman–Crippen MR) is 100 cm³/mol. The van der Waals surface area contributed by atoms with Crippen molar-refractivity contribution in [2.75, 3.05) is 12.4 Å². The van der Waals surface area contributed by atoms with Gasteiger partial charge in [0.25, 0.3) is 5.91 Å². The number of carbonyl (C=O) groups excluding carboxylic acids is 2. The molecule has 2 aromatic rings. The highest BCUT2D eigenvalue weighted by Gasteiger charge is 2.21. The molecule has 0 aromatic heterocycles. The van der Waals surface area contributed by atoms with Gasteiger partial charge in [-0.2, -0.15) is 0 Å². The third-order valence-corrected chi connectivity index (χ3v) is 4.37. The number of esters is 1. The molecule has 0 saturated carbocycles. The number of rotatable bonds is 6. The molecule has 1 amide bonds. The quantitative estimate of drug-likeness (QED) is 0.731. The Morgan fingerprint density at radius 3 is 2.44 bits per heavy atom. The molecule has 0 aliphatic carbocycles. The van der Waals surface area contributed by atoms with Crippen LogP contribution in [0.15, 0.2) is 46.9 Å². The number of hydrogen-bond acceptors (Lipinski definition) is 4. The highest BCUT2D eigenvalue weighted by molar-refractivity contribution is 9.10. The minimum atomic E-state index is -0.934. The normalized spacial score (nSPS) is 11.5. The van der Waals surface area contributed by atoms with E-state index in [-0.39, 0.29) is 0 Å². The van der Waals surface area contributed by atoms with Crippen molar-refractivity contribution in [1.82, 2.24) is 0 Å². The van der Waals surface area contributed by atoms with E-state index in [0.29, 0.717) is 21.5 Å². The zero-order chi connectivity index (χ0) is 18.4. The molecule has 1 unspecified atom stereocenters. The van der Waals surface area contributed by atoms with Crippen LogP contribution in [0.5, 0.6) is 5.75 Å². The topological polar surface area (TPSA) is 64.6 Å². The van der Waals surface area contributed by atoms with Gasteiger partial charge in [-0.25, -0.2) is 4.79 Å². The second kappa shape index (κ2) is 8.67. The van der Waals surface area contributed by atoms with E-state index in [1.807, 2.05) is 24.3 Å². The van der Waals surface area contributed by atoms with Crippen LogP contribution in [0.3, 0.4) is 0 Å². The Balaban J connectivity index is 2.01. The Morgan fingerprint density at radius 1 is 1.16 bits per heavy atom. The molecule has 1 N–H and O–H groups in total. The Hall–Kier alpha value is -2.34. The number of anilines is 1. The molecule has 5 nitrogen and oxygen atoms in total. The number of hydrogen-bond donors (Lipinski definition) is 1. The molecule has 0 spiro atoms. The molecule has 132 valence electrons. The lowest BCUT2D eigenvalue weighted by Crippen LogP contribution is -2.30. The largest absolute Gasteiger partial charge is 0.497 e. The van der Waals surface area contributed by atoms with Crippen molar-refractivity contribution >= 4 is 33.5 Å². The highest BCUT2D eigenvalue weighted by atomic mass is 79.9. The Bertz CT molecular complexity index is 759. The van der Waals surface area contributed by atoms with Crippen molar-refractivity contribution in [3.05, 3.63) is 58.1 Å². The molecule has 0 bridgehead atoms. The van der Waals surface area contributed by atoms with Gasteiger partial charge >= 0.3 is 5.97 Å². The zero-order valence-electron chi connectivity index (χ0n) is 14.3. The third kappa shape index (κ3) is 5.06. The number of aryl methyl sites for hydroxylation is 1. The van der Waals surface area contributed by atoms with E-state index in [9.17, 15) is 9.59 Å². The fraction of sp³-hybridized carbons (Fsp3) is 0.263. The van der Waals surface area contributed by atoms with Gasteiger partial charge in [-0.15, -0.1) is 0 Å². The summed E-state index contributed by atoms with van der Waals surface area (Å²) in [6.07, 6.45) is -0.00561. The van der Waals surface area contributed by atoms with Gasteiger partial charge in [0.1, 0.15) is 5.75 Å². The summed E-state index contributed by atoms with van der Waals surface area (Å²) < 4.78 is 10.9. The van der Waals surface area contributed by atoms with Crippen LogP contribution in [0.1, 0.15) is 29.8 Å². The lowest BCUT2D eigenvalue weighted by molar-refractivity contribution is -0.123. The molecular formula is C19H20BrNO4. The van der Waals surface area contributed by atoms with Gasteiger partial charge < -0.3 is 14.8 Å². The van der Waals surface area contributed by atoms with Crippen molar-refractivity contribution in [3.63, 3.8) is 0 Å². The summed E-state index contributed by atoms with van der Waals surface area (Å²) in [4.78, 5) is 24.5. The SMILES string of the molecule is CCc1ccc(NC(=O)C(C)OC(=O)c2cc(OC)ccc2Br)cc1. The van der Waals surface area contributed by atoms with Gasteiger partial charge in [0, 0.05) is 10.2 Å². The molecule has 0 fully saturated rings. The number of halogens is 1. The molecule has 0 radical (unpaired) electrons. The average Bonchev–Trinajstić information content (AvgIpc) is 2.62. The summed E-state index contributed by atoms with van der Waals surface area (Å²) in [5, 5.41) is 2.73. The maximum Gasteiger partial charge on any atom is 0.340 e. The van der Waals surface area contributed by atoms with Gasteiger partial charge in [0.05, 0.1) is 12.7 Å². The molecule has 2 rings (SSSR count). The van der Waals surface area contributed by atoms with Crippen LogP contribution in [0.25, 0.3) is 0 Å². The van der Waals surface area contributed by atoms with Crippen LogP contribution >= 0.6 is 15.9 Å². The smallest absolute Gasteiger partial charge is 0.340 e. The Kier molecular flexibility index (Phi) is 6.58. The molecule has 0 aliphatic heterocycles. The fourth-order valence-electron chi connectivity index (χ4n) is 2.13. The number of nitrogens with one attached hydrogen (secondary N) is 1. The van der Waals surface area contributed by atoms with Crippen molar-refractivity contribution in [3.8, 4) is 5.75 Å². The monoisotopic (exact) mass is 405 g/mol. The molecule has 6 heteroatoms. The van der Waals surface area contributed by atoms with Crippen LogP contribution < -0.4 is 10.1 Å². The summed E-state index contributed by atoms with van der Waals surface area (Å²) in [5.74, 6) is -0.463. The van der Waals surface area contributed by atoms with Crippen LogP contribution in [0, 0.1) is 0 Å². The molecule has 0 saturated heterocycles. The van der Waals surface area contributed by atoms with Crippen molar-refractivity contribution in [2.24, 2.45) is 0 Å².